The van der Waals surface area contributed by atoms with Crippen LogP contribution in [0.25, 0.3) is 22.2 Å². The molecule has 0 radical (unpaired) electrons. The van der Waals surface area contributed by atoms with Crippen LogP contribution in [0.5, 0.6) is 0 Å². The lowest BCUT2D eigenvalue weighted by atomic mass is 10.1. The quantitative estimate of drug-likeness (QED) is 0.788. The summed E-state index contributed by atoms with van der Waals surface area (Å²) >= 11 is 0. The maximum atomic E-state index is 4.51. The van der Waals surface area contributed by atoms with Crippen LogP contribution in [-0.2, 0) is 0 Å². The molecule has 106 valence electrons. The molecule has 0 atom stereocenters. The Morgan fingerprint density at radius 2 is 1.90 bits per heavy atom. The molecule has 4 heteroatoms. The van der Waals surface area contributed by atoms with E-state index in [1.807, 2.05) is 37.3 Å². The highest BCUT2D eigenvalue weighted by Gasteiger charge is 2.03. The summed E-state index contributed by atoms with van der Waals surface area (Å²) in [6, 6.07) is 14.2. The second kappa shape index (κ2) is 5.87. The minimum absolute atomic E-state index is 0.818. The molecule has 0 spiro atoms. The number of hydrogen-bond donors (Lipinski definition) is 1. The Morgan fingerprint density at radius 3 is 2.67 bits per heavy atom. The molecular formula is C17H18N4. The van der Waals surface area contributed by atoms with Gasteiger partial charge in [-0.15, -0.1) is 10.2 Å². The first-order valence-corrected chi connectivity index (χ1v) is 7.21. The minimum Gasteiger partial charge on any atom is -0.369 e. The fourth-order valence-electron chi connectivity index (χ4n) is 2.22. The average molecular weight is 278 g/mol. The Hall–Kier alpha value is -2.49. The second-order valence-electron chi connectivity index (χ2n) is 5.09. The predicted molar refractivity (Wildman–Crippen MR) is 86.3 cm³/mol. The van der Waals surface area contributed by atoms with E-state index in [-0.39, 0.29) is 0 Å². The zero-order chi connectivity index (χ0) is 14.7. The van der Waals surface area contributed by atoms with Crippen molar-refractivity contribution < 1.29 is 0 Å². The van der Waals surface area contributed by atoms with Crippen molar-refractivity contribution in [1.29, 1.82) is 0 Å². The summed E-state index contributed by atoms with van der Waals surface area (Å²) in [4.78, 5) is 4.51. The summed E-state index contributed by atoms with van der Waals surface area (Å²) < 4.78 is 0. The van der Waals surface area contributed by atoms with Crippen LogP contribution in [0.2, 0.25) is 0 Å². The molecule has 2 aromatic heterocycles. The van der Waals surface area contributed by atoms with E-state index in [0.717, 1.165) is 46.6 Å². The van der Waals surface area contributed by atoms with Crippen LogP contribution in [0.15, 0.2) is 42.5 Å². The van der Waals surface area contributed by atoms with Gasteiger partial charge in [0.2, 0.25) is 0 Å². The summed E-state index contributed by atoms with van der Waals surface area (Å²) in [6.45, 7) is 5.04. The number of hydrogen-bond acceptors (Lipinski definition) is 4. The van der Waals surface area contributed by atoms with Crippen molar-refractivity contribution in [3.05, 3.63) is 48.2 Å². The Labute approximate surface area is 124 Å². The van der Waals surface area contributed by atoms with E-state index in [1.165, 1.54) is 0 Å². The fraction of sp³-hybridized carbons (Fsp3) is 0.235. The number of benzene rings is 1. The maximum Gasteiger partial charge on any atom is 0.148 e. The van der Waals surface area contributed by atoms with Crippen LogP contribution in [0.4, 0.5) is 5.82 Å². The lowest BCUT2D eigenvalue weighted by Crippen LogP contribution is -2.02. The summed E-state index contributed by atoms with van der Waals surface area (Å²) in [7, 11) is 0. The van der Waals surface area contributed by atoms with E-state index in [2.05, 4.69) is 39.6 Å². The Kier molecular flexibility index (Phi) is 3.77. The van der Waals surface area contributed by atoms with Gasteiger partial charge in [-0.25, -0.2) is 0 Å². The highest BCUT2D eigenvalue weighted by molar-refractivity contribution is 5.83. The first-order valence-electron chi connectivity index (χ1n) is 7.21. The van der Waals surface area contributed by atoms with Crippen molar-refractivity contribution in [2.75, 3.05) is 11.9 Å². The van der Waals surface area contributed by atoms with Crippen LogP contribution in [0.1, 0.15) is 19.0 Å². The van der Waals surface area contributed by atoms with Crippen LogP contribution in [-0.4, -0.2) is 21.7 Å². The van der Waals surface area contributed by atoms with Crippen molar-refractivity contribution in [1.82, 2.24) is 15.2 Å². The van der Waals surface area contributed by atoms with Crippen LogP contribution in [0, 0.1) is 6.92 Å². The molecule has 4 nitrogen and oxygen atoms in total. The third-order valence-electron chi connectivity index (χ3n) is 3.34. The molecule has 0 fully saturated rings. The molecule has 2 heterocycles. The molecule has 3 rings (SSSR count). The van der Waals surface area contributed by atoms with Gasteiger partial charge in [-0.2, -0.15) is 0 Å². The van der Waals surface area contributed by atoms with Gasteiger partial charge in [0.25, 0.3) is 0 Å². The summed E-state index contributed by atoms with van der Waals surface area (Å²) in [5, 5.41) is 12.8. The fourth-order valence-corrected chi connectivity index (χ4v) is 2.22. The van der Waals surface area contributed by atoms with E-state index in [0.29, 0.717) is 0 Å². The highest BCUT2D eigenvalue weighted by atomic mass is 15.2. The van der Waals surface area contributed by atoms with Gasteiger partial charge in [-0.1, -0.05) is 19.1 Å². The lowest BCUT2D eigenvalue weighted by molar-refractivity contribution is 0.946. The monoisotopic (exact) mass is 278 g/mol. The number of aromatic nitrogens is 3. The van der Waals surface area contributed by atoms with Crippen molar-refractivity contribution in [2.24, 2.45) is 0 Å². The van der Waals surface area contributed by atoms with Gasteiger partial charge >= 0.3 is 0 Å². The summed E-state index contributed by atoms with van der Waals surface area (Å²) in [5.41, 5.74) is 3.97. The number of nitrogens with one attached hydrogen (secondary N) is 1. The molecule has 21 heavy (non-hydrogen) atoms. The molecule has 0 aliphatic heterocycles. The van der Waals surface area contributed by atoms with Crippen LogP contribution < -0.4 is 5.32 Å². The van der Waals surface area contributed by atoms with Crippen molar-refractivity contribution in [3.63, 3.8) is 0 Å². The van der Waals surface area contributed by atoms with Crippen molar-refractivity contribution in [2.45, 2.75) is 20.3 Å². The number of aryl methyl sites for hydroxylation is 1. The predicted octanol–water partition coefficient (Wildman–Crippen LogP) is 3.82. The normalized spacial score (nSPS) is 10.8. The van der Waals surface area contributed by atoms with E-state index in [9.17, 15) is 0 Å². The molecule has 1 N–H and O–H groups in total. The number of rotatable bonds is 4. The lowest BCUT2D eigenvalue weighted by Gasteiger charge is -2.05. The standard InChI is InChI=1S/C17H18N4/c1-3-10-18-17-9-8-16(20-21-17)14-6-7-15-13(11-14)5-4-12(2)19-15/h4-9,11H,3,10H2,1-2H3,(H,18,21). The summed E-state index contributed by atoms with van der Waals surface area (Å²) in [6.07, 6.45) is 1.07. The van der Waals surface area contributed by atoms with Crippen LogP contribution in [0.3, 0.4) is 0 Å². The summed E-state index contributed by atoms with van der Waals surface area (Å²) in [5.74, 6) is 0.818. The Bertz CT molecular complexity index is 750. The van der Waals surface area contributed by atoms with Crippen LogP contribution >= 0.6 is 0 Å². The molecule has 3 aromatic rings. The molecule has 1 aromatic carbocycles. The van der Waals surface area contributed by atoms with Gasteiger partial charge < -0.3 is 5.32 Å². The third kappa shape index (κ3) is 2.99. The van der Waals surface area contributed by atoms with Crippen molar-refractivity contribution >= 4 is 16.7 Å². The van der Waals surface area contributed by atoms with Gasteiger partial charge in [-0.3, -0.25) is 4.98 Å². The largest absolute Gasteiger partial charge is 0.369 e. The molecule has 0 bridgehead atoms. The number of nitrogens with zero attached hydrogens (tertiary/aromatic N) is 3. The Morgan fingerprint density at radius 1 is 1.00 bits per heavy atom. The molecule has 0 saturated heterocycles. The third-order valence-corrected chi connectivity index (χ3v) is 3.34. The number of anilines is 1. The van der Waals surface area contributed by atoms with E-state index < -0.39 is 0 Å². The zero-order valence-electron chi connectivity index (χ0n) is 12.3. The highest BCUT2D eigenvalue weighted by Crippen LogP contribution is 2.22. The molecule has 0 unspecified atom stereocenters. The van der Waals surface area contributed by atoms with E-state index in [4.69, 9.17) is 0 Å². The maximum absolute atomic E-state index is 4.51. The average Bonchev–Trinajstić information content (AvgIpc) is 2.53. The topological polar surface area (TPSA) is 50.7 Å². The van der Waals surface area contributed by atoms with E-state index in [1.54, 1.807) is 0 Å². The van der Waals surface area contributed by atoms with Gasteiger partial charge in [0, 0.05) is 23.2 Å². The zero-order valence-corrected chi connectivity index (χ0v) is 12.3. The second-order valence-corrected chi connectivity index (χ2v) is 5.09. The molecule has 0 aliphatic rings. The molecule has 0 amide bonds. The first kappa shape index (κ1) is 13.5. The number of fused-ring (bicyclic) bond motifs is 1. The SMILES string of the molecule is CCCNc1ccc(-c2ccc3nc(C)ccc3c2)nn1. The van der Waals surface area contributed by atoms with Gasteiger partial charge in [0.05, 0.1) is 11.2 Å². The van der Waals surface area contributed by atoms with Gasteiger partial charge in [0.15, 0.2) is 0 Å². The number of pyridine rings is 1. The molecule has 0 aliphatic carbocycles. The van der Waals surface area contributed by atoms with Gasteiger partial charge in [0.1, 0.15) is 5.82 Å². The Balaban J connectivity index is 1.91. The molecular weight excluding hydrogens is 260 g/mol. The molecule has 0 saturated carbocycles. The van der Waals surface area contributed by atoms with Crippen molar-refractivity contribution in [3.8, 4) is 11.3 Å². The van der Waals surface area contributed by atoms with Gasteiger partial charge in [-0.05, 0) is 43.7 Å². The minimum atomic E-state index is 0.818. The van der Waals surface area contributed by atoms with E-state index >= 15 is 0 Å². The first-order chi connectivity index (χ1) is 10.3. The smallest absolute Gasteiger partial charge is 0.148 e.